The summed E-state index contributed by atoms with van der Waals surface area (Å²) in [6.07, 6.45) is 2.43. The number of quaternary nitrogens is 1. The molecule has 0 saturated heterocycles. The summed E-state index contributed by atoms with van der Waals surface area (Å²) in [6, 6.07) is 9.84. The molecule has 0 aliphatic rings. The van der Waals surface area contributed by atoms with Gasteiger partial charge >= 0.3 is 0 Å². The molecular weight excluding hydrogens is 348 g/mol. The zero-order valence-electron chi connectivity index (χ0n) is 16.5. The smallest absolute Gasteiger partial charge is 0.100 e. The van der Waals surface area contributed by atoms with E-state index in [0.717, 1.165) is 41.8 Å². The second-order valence-corrected chi connectivity index (χ2v) is 6.99. The number of benzene rings is 1. The summed E-state index contributed by atoms with van der Waals surface area (Å²) < 4.78 is 0.837. The molecule has 6 heteroatoms. The van der Waals surface area contributed by atoms with Crippen molar-refractivity contribution in [2.24, 2.45) is 4.99 Å². The summed E-state index contributed by atoms with van der Waals surface area (Å²) in [5.74, 6) is -0.434. The molecule has 0 aliphatic carbocycles. The first kappa shape index (κ1) is 24.0. The molecule has 0 saturated carbocycles. The van der Waals surface area contributed by atoms with Gasteiger partial charge in [0.15, 0.2) is 0 Å². The SMILES string of the molecule is CCN(CC)c1ccc(C=C(C#N)C([O-])=NCCC[N+](C)(C)C)cc1.Cl. The van der Waals surface area contributed by atoms with E-state index in [9.17, 15) is 10.4 Å². The molecule has 0 amide bonds. The number of anilines is 1. The molecule has 1 aromatic carbocycles. The lowest BCUT2D eigenvalue weighted by Crippen LogP contribution is -2.35. The average Bonchev–Trinajstić information content (AvgIpc) is 2.58. The molecular formula is C20H31ClN4O. The van der Waals surface area contributed by atoms with Crippen molar-refractivity contribution in [3.63, 3.8) is 0 Å². The topological polar surface area (TPSA) is 62.5 Å². The number of hydrogen-bond acceptors (Lipinski definition) is 4. The van der Waals surface area contributed by atoms with Crippen molar-refractivity contribution in [3.8, 4) is 6.07 Å². The average molecular weight is 379 g/mol. The Balaban J connectivity index is 0.00000625. The highest BCUT2D eigenvalue weighted by atomic mass is 35.5. The van der Waals surface area contributed by atoms with E-state index in [1.54, 1.807) is 6.08 Å². The van der Waals surface area contributed by atoms with E-state index in [1.165, 1.54) is 0 Å². The van der Waals surface area contributed by atoms with Crippen LogP contribution in [0, 0.1) is 11.3 Å². The quantitative estimate of drug-likeness (QED) is 0.218. The maximum Gasteiger partial charge on any atom is 0.100 e. The van der Waals surface area contributed by atoms with Gasteiger partial charge in [-0.2, -0.15) is 5.26 Å². The zero-order valence-corrected chi connectivity index (χ0v) is 17.3. The normalized spacial score (nSPS) is 12.3. The molecule has 0 atom stereocenters. The third-order valence-electron chi connectivity index (χ3n) is 3.93. The highest BCUT2D eigenvalue weighted by Crippen LogP contribution is 2.16. The minimum Gasteiger partial charge on any atom is -0.858 e. The molecule has 0 aliphatic heterocycles. The van der Waals surface area contributed by atoms with Gasteiger partial charge in [0.05, 0.1) is 33.3 Å². The van der Waals surface area contributed by atoms with Gasteiger partial charge < -0.3 is 14.5 Å². The van der Waals surface area contributed by atoms with Crippen molar-refractivity contribution in [3.05, 3.63) is 35.4 Å². The van der Waals surface area contributed by atoms with Gasteiger partial charge in [0.2, 0.25) is 0 Å². The zero-order chi connectivity index (χ0) is 18.9. The van der Waals surface area contributed by atoms with Crippen LogP contribution in [0.2, 0.25) is 0 Å². The Labute approximate surface area is 164 Å². The summed E-state index contributed by atoms with van der Waals surface area (Å²) in [5, 5.41) is 21.4. The Morgan fingerprint density at radius 3 is 2.23 bits per heavy atom. The van der Waals surface area contributed by atoms with Crippen LogP contribution in [0.15, 0.2) is 34.8 Å². The van der Waals surface area contributed by atoms with Gasteiger partial charge in [-0.05, 0) is 43.5 Å². The van der Waals surface area contributed by atoms with Gasteiger partial charge in [-0.1, -0.05) is 12.1 Å². The van der Waals surface area contributed by atoms with E-state index >= 15 is 0 Å². The summed E-state index contributed by atoms with van der Waals surface area (Å²) in [7, 11) is 6.30. The minimum atomic E-state index is -0.434. The molecule has 0 unspecified atom stereocenters. The van der Waals surface area contributed by atoms with E-state index < -0.39 is 5.90 Å². The van der Waals surface area contributed by atoms with E-state index in [0.29, 0.717) is 6.54 Å². The Kier molecular flexibility index (Phi) is 10.7. The van der Waals surface area contributed by atoms with Crippen molar-refractivity contribution in [2.75, 3.05) is 52.2 Å². The third kappa shape index (κ3) is 8.37. The monoisotopic (exact) mass is 378 g/mol. The molecule has 0 bridgehead atoms. The second kappa shape index (κ2) is 11.6. The van der Waals surface area contributed by atoms with Crippen LogP contribution in [0.5, 0.6) is 0 Å². The van der Waals surface area contributed by atoms with E-state index in [-0.39, 0.29) is 18.0 Å². The molecule has 0 N–H and O–H groups in total. The van der Waals surface area contributed by atoms with Gasteiger partial charge in [-0.25, -0.2) is 0 Å². The molecule has 144 valence electrons. The third-order valence-corrected chi connectivity index (χ3v) is 3.93. The van der Waals surface area contributed by atoms with Gasteiger partial charge in [0.1, 0.15) is 6.07 Å². The Morgan fingerprint density at radius 1 is 1.19 bits per heavy atom. The molecule has 26 heavy (non-hydrogen) atoms. The van der Waals surface area contributed by atoms with Crippen LogP contribution in [0.25, 0.3) is 6.08 Å². The largest absolute Gasteiger partial charge is 0.858 e. The summed E-state index contributed by atoms with van der Waals surface area (Å²) in [4.78, 5) is 6.26. The number of nitriles is 1. The standard InChI is InChI=1S/C20H30N4O.ClH/c1-6-23(7-2)19-11-9-17(10-12-19)15-18(16-21)20(25)22-13-8-14-24(3,4)5;/h9-12,15H,6-8,13-14H2,1-5H3;1H. The summed E-state index contributed by atoms with van der Waals surface area (Å²) in [6.45, 7) is 7.51. The minimum absolute atomic E-state index is 0. The van der Waals surface area contributed by atoms with Crippen LogP contribution in [-0.4, -0.2) is 57.7 Å². The number of hydrogen-bond donors (Lipinski definition) is 0. The van der Waals surface area contributed by atoms with Crippen LogP contribution in [-0.2, 0) is 0 Å². The van der Waals surface area contributed by atoms with Crippen LogP contribution in [0.4, 0.5) is 5.69 Å². The number of nitrogens with zero attached hydrogens (tertiary/aromatic N) is 4. The lowest BCUT2D eigenvalue weighted by molar-refractivity contribution is -0.870. The van der Waals surface area contributed by atoms with E-state index in [4.69, 9.17) is 0 Å². The second-order valence-electron chi connectivity index (χ2n) is 6.99. The Bertz CT molecular complexity index is 635. The molecule has 0 fully saturated rings. The predicted octanol–water partition coefficient (Wildman–Crippen LogP) is 2.72. The fourth-order valence-corrected chi connectivity index (χ4v) is 2.49. The maximum absolute atomic E-state index is 12.1. The van der Waals surface area contributed by atoms with Crippen molar-refractivity contribution < 1.29 is 9.59 Å². The summed E-state index contributed by atoms with van der Waals surface area (Å²) in [5.41, 5.74) is 2.06. The predicted molar refractivity (Wildman–Crippen MR) is 111 cm³/mol. The Hall–Kier alpha value is -2.03. The number of rotatable bonds is 9. The Morgan fingerprint density at radius 2 is 1.77 bits per heavy atom. The van der Waals surface area contributed by atoms with Crippen molar-refractivity contribution in [1.29, 1.82) is 5.26 Å². The van der Waals surface area contributed by atoms with Crippen LogP contribution in [0.1, 0.15) is 25.8 Å². The molecule has 0 heterocycles. The van der Waals surface area contributed by atoms with E-state index in [1.807, 2.05) is 30.3 Å². The fraction of sp³-hybridized carbons (Fsp3) is 0.500. The van der Waals surface area contributed by atoms with Gasteiger partial charge in [0, 0.05) is 31.7 Å². The van der Waals surface area contributed by atoms with Crippen LogP contribution >= 0.6 is 12.4 Å². The first-order chi connectivity index (χ1) is 11.8. The van der Waals surface area contributed by atoms with Gasteiger partial charge in [0.25, 0.3) is 0 Å². The van der Waals surface area contributed by atoms with Crippen LogP contribution < -0.4 is 10.0 Å². The molecule has 0 aromatic heterocycles. The first-order valence-corrected chi connectivity index (χ1v) is 8.79. The number of halogens is 1. The maximum atomic E-state index is 12.1. The van der Waals surface area contributed by atoms with E-state index in [2.05, 4.69) is 44.9 Å². The first-order valence-electron chi connectivity index (χ1n) is 8.79. The molecule has 5 nitrogen and oxygen atoms in total. The fourth-order valence-electron chi connectivity index (χ4n) is 2.49. The van der Waals surface area contributed by atoms with Crippen molar-refractivity contribution in [1.82, 2.24) is 0 Å². The molecule has 1 rings (SSSR count). The van der Waals surface area contributed by atoms with Gasteiger partial charge in [-0.15, -0.1) is 12.4 Å². The molecule has 0 radical (unpaired) electrons. The van der Waals surface area contributed by atoms with Crippen LogP contribution in [0.3, 0.4) is 0 Å². The van der Waals surface area contributed by atoms with Crippen molar-refractivity contribution >= 4 is 30.1 Å². The lowest BCUT2D eigenvalue weighted by atomic mass is 10.1. The number of aliphatic imine (C=N–C) groups is 1. The van der Waals surface area contributed by atoms with Crippen molar-refractivity contribution in [2.45, 2.75) is 20.3 Å². The van der Waals surface area contributed by atoms with Gasteiger partial charge in [-0.3, -0.25) is 4.99 Å². The highest BCUT2D eigenvalue weighted by molar-refractivity contribution is 5.99. The lowest BCUT2D eigenvalue weighted by Gasteiger charge is -2.23. The summed E-state index contributed by atoms with van der Waals surface area (Å²) >= 11 is 0. The molecule has 0 spiro atoms. The molecule has 1 aromatic rings. The highest BCUT2D eigenvalue weighted by Gasteiger charge is 2.05.